The summed E-state index contributed by atoms with van der Waals surface area (Å²) in [5.74, 6) is -1.31. The number of carbonyl (C=O) groups is 1. The summed E-state index contributed by atoms with van der Waals surface area (Å²) in [5.41, 5.74) is -0.0671. The van der Waals surface area contributed by atoms with Crippen LogP contribution < -0.4 is 0 Å². The van der Waals surface area contributed by atoms with Crippen LogP contribution >= 0.6 is 0 Å². The van der Waals surface area contributed by atoms with Gasteiger partial charge in [0.05, 0.1) is 0 Å². The molecule has 0 bridgehead atoms. The molecule has 1 rings (SSSR count). The Bertz CT molecular complexity index is 263. The average Bonchev–Trinajstić information content (AvgIpc) is 1.88. The van der Waals surface area contributed by atoms with Crippen LogP contribution in [0.2, 0.25) is 0 Å². The van der Waals surface area contributed by atoms with Crippen molar-refractivity contribution in [3.05, 3.63) is 29.8 Å². The standard InChI is InChI=1S/C7H6O3.2Na.2H/c8-6-4-2-1-3-5(6)7(9)10;;;;/h1-4,8H,(H,9,10);;;;. The van der Waals surface area contributed by atoms with E-state index in [2.05, 4.69) is 0 Å². The zero-order valence-electron chi connectivity index (χ0n) is 5.11. The van der Waals surface area contributed by atoms with Crippen molar-refractivity contribution in [2.75, 3.05) is 0 Å². The number of carboxylic acids is 1. The van der Waals surface area contributed by atoms with E-state index in [4.69, 9.17) is 10.2 Å². The third kappa shape index (κ3) is 3.94. The van der Waals surface area contributed by atoms with Crippen LogP contribution in [-0.4, -0.2) is 75.3 Å². The Hall–Kier alpha value is 0.490. The fourth-order valence-electron chi connectivity index (χ4n) is 0.654. The normalized spacial score (nSPS) is 7.67. The van der Waals surface area contributed by atoms with Crippen molar-refractivity contribution in [1.29, 1.82) is 0 Å². The molecule has 0 aliphatic heterocycles. The van der Waals surface area contributed by atoms with Crippen LogP contribution in [0.3, 0.4) is 0 Å². The van der Waals surface area contributed by atoms with E-state index in [9.17, 15) is 4.79 Å². The Morgan fingerprint density at radius 1 is 1.17 bits per heavy atom. The van der Waals surface area contributed by atoms with Gasteiger partial charge in [0.25, 0.3) is 0 Å². The molecule has 3 nitrogen and oxygen atoms in total. The molecular weight excluding hydrogens is 178 g/mol. The fourth-order valence-corrected chi connectivity index (χ4v) is 0.654. The first-order valence-corrected chi connectivity index (χ1v) is 2.73. The van der Waals surface area contributed by atoms with Gasteiger partial charge in [-0.25, -0.2) is 4.79 Å². The molecule has 0 fully saturated rings. The van der Waals surface area contributed by atoms with Crippen molar-refractivity contribution in [2.45, 2.75) is 0 Å². The van der Waals surface area contributed by atoms with Crippen LogP contribution in [0.15, 0.2) is 24.3 Å². The Morgan fingerprint density at radius 2 is 1.67 bits per heavy atom. The monoisotopic (exact) mass is 186 g/mol. The number of rotatable bonds is 1. The topological polar surface area (TPSA) is 57.5 Å². The molecule has 0 atom stereocenters. The number of phenols is 1. The molecule has 0 aromatic heterocycles. The molecule has 0 unspecified atom stereocenters. The molecule has 2 N–H and O–H groups in total. The second kappa shape index (κ2) is 6.95. The number of benzene rings is 1. The minimum absolute atomic E-state index is 0. The Labute approximate surface area is 114 Å². The molecular formula is C7H8Na2O3. The molecule has 5 heteroatoms. The van der Waals surface area contributed by atoms with Crippen LogP contribution in [0.1, 0.15) is 10.4 Å². The number of carboxylic acid groups (broad SMARTS) is 1. The predicted molar refractivity (Wildman–Crippen MR) is 49.4 cm³/mol. The van der Waals surface area contributed by atoms with Crippen LogP contribution in [0.25, 0.3) is 0 Å². The van der Waals surface area contributed by atoms with Crippen LogP contribution in [0.4, 0.5) is 0 Å². The van der Waals surface area contributed by atoms with Gasteiger partial charge in [-0.3, -0.25) is 0 Å². The van der Waals surface area contributed by atoms with Gasteiger partial charge in [-0.2, -0.15) is 0 Å². The maximum absolute atomic E-state index is 10.3. The summed E-state index contributed by atoms with van der Waals surface area (Å²) >= 11 is 0. The summed E-state index contributed by atoms with van der Waals surface area (Å²) in [4.78, 5) is 10.3. The molecule has 0 saturated heterocycles. The van der Waals surface area contributed by atoms with Gasteiger partial charge in [0.15, 0.2) is 0 Å². The number of hydrogen-bond donors (Lipinski definition) is 2. The maximum atomic E-state index is 10.3. The molecule has 0 aliphatic carbocycles. The fraction of sp³-hybridized carbons (Fsp3) is 0. The van der Waals surface area contributed by atoms with Crippen molar-refractivity contribution in [3.8, 4) is 5.75 Å². The molecule has 0 aliphatic rings. The van der Waals surface area contributed by atoms with Crippen LogP contribution in [0.5, 0.6) is 5.75 Å². The first kappa shape index (κ1) is 15.0. The second-order valence-corrected chi connectivity index (χ2v) is 1.82. The SMILES string of the molecule is O=C(O)c1ccccc1O.[NaH].[NaH]. The van der Waals surface area contributed by atoms with Crippen LogP contribution in [-0.2, 0) is 0 Å². The van der Waals surface area contributed by atoms with E-state index in [0.29, 0.717) is 0 Å². The van der Waals surface area contributed by atoms with Crippen molar-refractivity contribution in [2.24, 2.45) is 0 Å². The third-order valence-electron chi connectivity index (χ3n) is 1.13. The van der Waals surface area contributed by atoms with Crippen LogP contribution in [0, 0.1) is 0 Å². The third-order valence-corrected chi connectivity index (χ3v) is 1.13. The first-order chi connectivity index (χ1) is 4.72. The van der Waals surface area contributed by atoms with E-state index in [-0.39, 0.29) is 70.4 Å². The van der Waals surface area contributed by atoms with Gasteiger partial charge in [-0.1, -0.05) is 12.1 Å². The molecule has 56 valence electrons. The zero-order chi connectivity index (χ0) is 7.56. The van der Waals surface area contributed by atoms with Gasteiger partial charge in [0.1, 0.15) is 11.3 Å². The number of para-hydroxylation sites is 1. The molecule has 0 heterocycles. The predicted octanol–water partition coefficient (Wildman–Crippen LogP) is -0.207. The second-order valence-electron chi connectivity index (χ2n) is 1.82. The molecule has 1 aromatic rings. The summed E-state index contributed by atoms with van der Waals surface area (Å²) in [7, 11) is 0. The van der Waals surface area contributed by atoms with Crippen molar-refractivity contribution >= 4 is 65.1 Å². The summed E-state index contributed by atoms with van der Waals surface area (Å²) in [6.07, 6.45) is 0. The average molecular weight is 186 g/mol. The number of hydrogen-bond acceptors (Lipinski definition) is 2. The van der Waals surface area contributed by atoms with Gasteiger partial charge in [-0.05, 0) is 12.1 Å². The van der Waals surface area contributed by atoms with E-state index >= 15 is 0 Å². The Balaban J connectivity index is 0. The number of aromatic carboxylic acids is 1. The van der Waals surface area contributed by atoms with Gasteiger partial charge in [0.2, 0.25) is 0 Å². The van der Waals surface area contributed by atoms with E-state index in [1.807, 2.05) is 0 Å². The van der Waals surface area contributed by atoms with E-state index < -0.39 is 5.97 Å². The molecule has 0 radical (unpaired) electrons. The van der Waals surface area contributed by atoms with Crippen molar-refractivity contribution in [3.63, 3.8) is 0 Å². The summed E-state index contributed by atoms with van der Waals surface area (Å²) in [6, 6.07) is 5.81. The first-order valence-electron chi connectivity index (χ1n) is 2.73. The van der Waals surface area contributed by atoms with Gasteiger partial charge >= 0.3 is 65.1 Å². The summed E-state index contributed by atoms with van der Waals surface area (Å²) < 4.78 is 0. The Morgan fingerprint density at radius 3 is 2.00 bits per heavy atom. The van der Waals surface area contributed by atoms with Gasteiger partial charge < -0.3 is 10.2 Å². The summed E-state index contributed by atoms with van der Waals surface area (Å²) in [5, 5.41) is 17.3. The van der Waals surface area contributed by atoms with E-state index in [0.717, 1.165) is 0 Å². The van der Waals surface area contributed by atoms with E-state index in [1.165, 1.54) is 12.1 Å². The molecule has 0 spiro atoms. The zero-order valence-corrected chi connectivity index (χ0v) is 5.11. The number of aromatic hydroxyl groups is 1. The molecule has 1 aromatic carbocycles. The van der Waals surface area contributed by atoms with Gasteiger partial charge in [-0.15, -0.1) is 0 Å². The minimum atomic E-state index is -1.11. The molecule has 12 heavy (non-hydrogen) atoms. The Kier molecular flexibility index (Phi) is 8.68. The van der Waals surface area contributed by atoms with Crippen molar-refractivity contribution < 1.29 is 15.0 Å². The van der Waals surface area contributed by atoms with Crippen molar-refractivity contribution in [1.82, 2.24) is 0 Å². The summed E-state index contributed by atoms with van der Waals surface area (Å²) in [6.45, 7) is 0. The van der Waals surface area contributed by atoms with E-state index in [1.54, 1.807) is 12.1 Å². The molecule has 0 amide bonds. The van der Waals surface area contributed by atoms with Gasteiger partial charge in [0, 0.05) is 0 Å². The molecule has 0 saturated carbocycles. The quantitative estimate of drug-likeness (QED) is 0.597.